The lowest BCUT2D eigenvalue weighted by atomic mass is 9.69. The molecule has 0 aliphatic carbocycles. The summed E-state index contributed by atoms with van der Waals surface area (Å²) in [6.45, 7) is 2.35. The molecule has 6 rings (SSSR count). The second-order valence-electron chi connectivity index (χ2n) is 9.67. The van der Waals surface area contributed by atoms with Gasteiger partial charge in [0.25, 0.3) is 0 Å². The number of carbonyl (C=O) groups excluding carboxylic acids is 2. The molecule has 1 spiro atoms. The van der Waals surface area contributed by atoms with Crippen molar-refractivity contribution in [1.82, 2.24) is 4.73 Å². The van der Waals surface area contributed by atoms with Gasteiger partial charge < -0.3 is 24.3 Å². The first-order chi connectivity index (χ1) is 18.9. The topological polar surface area (TPSA) is 93.5 Å². The molecule has 1 unspecified atom stereocenters. The summed E-state index contributed by atoms with van der Waals surface area (Å²) >= 11 is 0. The van der Waals surface area contributed by atoms with Crippen LogP contribution in [0.3, 0.4) is 0 Å². The number of anilines is 2. The van der Waals surface area contributed by atoms with E-state index in [1.54, 1.807) is 32.0 Å². The minimum absolute atomic E-state index is 0.115. The molecule has 3 heterocycles. The molecule has 0 bridgehead atoms. The molecule has 4 aromatic rings. The summed E-state index contributed by atoms with van der Waals surface area (Å²) in [5, 5.41) is 12.0. The number of likely N-dealkylation sites (N-methyl/N-ethyl adjacent to an activating group) is 1. The Kier molecular flexibility index (Phi) is 5.86. The average molecular weight is 528 g/mol. The molecule has 9 nitrogen and oxygen atoms in total. The number of carbonyl (C=O) groups is 2. The van der Waals surface area contributed by atoms with Crippen molar-refractivity contribution >= 4 is 34.4 Å². The van der Waals surface area contributed by atoms with Gasteiger partial charge in [-0.2, -0.15) is 4.73 Å². The van der Waals surface area contributed by atoms with Gasteiger partial charge in [-0.15, -0.1) is 0 Å². The molecule has 0 fully saturated rings. The molecule has 1 aromatic heterocycles. The van der Waals surface area contributed by atoms with Crippen LogP contribution < -0.4 is 19.3 Å². The second kappa shape index (κ2) is 9.27. The minimum atomic E-state index is -1.13. The fraction of sp³-hybridized carbons (Fsp3) is 0.267. The highest BCUT2D eigenvalue weighted by Crippen LogP contribution is 2.56. The van der Waals surface area contributed by atoms with E-state index in [-0.39, 0.29) is 31.5 Å². The molecule has 1 N–H and O–H groups in total. The summed E-state index contributed by atoms with van der Waals surface area (Å²) in [5.74, 6) is 1.54. The lowest BCUT2D eigenvalue weighted by Gasteiger charge is -2.38. The van der Waals surface area contributed by atoms with Gasteiger partial charge >= 0.3 is 6.09 Å². The van der Waals surface area contributed by atoms with Crippen LogP contribution in [0.15, 0.2) is 66.7 Å². The first-order valence-electron chi connectivity index (χ1n) is 12.9. The largest absolute Gasteiger partial charge is 0.497 e. The highest BCUT2D eigenvalue weighted by Gasteiger charge is 2.58. The van der Waals surface area contributed by atoms with E-state index in [4.69, 9.17) is 14.2 Å². The maximum atomic E-state index is 14.3. The summed E-state index contributed by atoms with van der Waals surface area (Å²) in [6.07, 6.45) is -0.246. The monoisotopic (exact) mass is 527 g/mol. The third-order valence-electron chi connectivity index (χ3n) is 7.75. The van der Waals surface area contributed by atoms with Crippen LogP contribution in [0.5, 0.6) is 11.5 Å². The van der Waals surface area contributed by atoms with Crippen LogP contribution in [0.2, 0.25) is 0 Å². The van der Waals surface area contributed by atoms with Gasteiger partial charge in [0, 0.05) is 35.8 Å². The van der Waals surface area contributed by atoms with Crippen molar-refractivity contribution < 1.29 is 29.0 Å². The molecule has 0 saturated carbocycles. The quantitative estimate of drug-likeness (QED) is 0.363. The van der Waals surface area contributed by atoms with Gasteiger partial charge in [-0.25, -0.2) is 4.79 Å². The van der Waals surface area contributed by atoms with Crippen molar-refractivity contribution in [2.24, 2.45) is 0 Å². The molecule has 39 heavy (non-hydrogen) atoms. The lowest BCUT2D eigenvalue weighted by molar-refractivity contribution is -0.121. The van der Waals surface area contributed by atoms with E-state index < -0.39 is 11.5 Å². The van der Waals surface area contributed by atoms with Crippen LogP contribution in [0.1, 0.15) is 30.0 Å². The number of aromatic nitrogens is 1. The number of hydrogen-bond donors (Lipinski definition) is 1. The van der Waals surface area contributed by atoms with Crippen LogP contribution in [0, 0.1) is 0 Å². The summed E-state index contributed by atoms with van der Waals surface area (Å²) in [4.78, 5) is 30.4. The first-order valence-corrected chi connectivity index (χ1v) is 12.9. The predicted molar refractivity (Wildman–Crippen MR) is 146 cm³/mol. The molecule has 2 aliphatic rings. The van der Waals surface area contributed by atoms with Crippen molar-refractivity contribution in [3.63, 3.8) is 0 Å². The Morgan fingerprint density at radius 2 is 1.74 bits per heavy atom. The molecule has 0 saturated heterocycles. The molecule has 2 aliphatic heterocycles. The molecule has 0 radical (unpaired) electrons. The molecular formula is C30H29N3O6. The van der Waals surface area contributed by atoms with E-state index in [1.807, 2.05) is 60.7 Å². The van der Waals surface area contributed by atoms with Crippen molar-refractivity contribution in [2.45, 2.75) is 25.4 Å². The van der Waals surface area contributed by atoms with Crippen molar-refractivity contribution in [1.29, 1.82) is 0 Å². The number of ether oxygens (including phenoxy) is 3. The minimum Gasteiger partial charge on any atom is -0.497 e. The zero-order valence-electron chi connectivity index (χ0n) is 22.0. The van der Waals surface area contributed by atoms with Crippen molar-refractivity contribution in [3.05, 3.63) is 83.4 Å². The zero-order valence-corrected chi connectivity index (χ0v) is 22.0. The second-order valence-corrected chi connectivity index (χ2v) is 9.67. The first kappa shape index (κ1) is 24.7. The Morgan fingerprint density at radius 3 is 2.49 bits per heavy atom. The van der Waals surface area contributed by atoms with Gasteiger partial charge in [0.1, 0.15) is 23.5 Å². The van der Waals surface area contributed by atoms with Gasteiger partial charge in [-0.05, 0) is 55.3 Å². The van der Waals surface area contributed by atoms with Gasteiger partial charge in [0.15, 0.2) is 5.82 Å². The van der Waals surface area contributed by atoms with Gasteiger partial charge in [-0.3, -0.25) is 9.69 Å². The Hall–Kier alpha value is -4.66. The maximum Gasteiger partial charge on any atom is 0.415 e. The molecule has 1 atom stereocenters. The van der Waals surface area contributed by atoms with Crippen LogP contribution in [0.4, 0.5) is 16.3 Å². The fourth-order valence-electron chi connectivity index (χ4n) is 6.05. The molecule has 200 valence electrons. The zero-order chi connectivity index (χ0) is 27.3. The number of para-hydroxylation sites is 1. The highest BCUT2D eigenvalue weighted by molar-refractivity contribution is 6.15. The smallest absolute Gasteiger partial charge is 0.415 e. The lowest BCUT2D eigenvalue weighted by Crippen LogP contribution is -2.49. The number of fused-ring (bicyclic) bond motifs is 6. The van der Waals surface area contributed by atoms with E-state index in [9.17, 15) is 14.8 Å². The summed E-state index contributed by atoms with van der Waals surface area (Å²) in [6, 6.07) is 20.5. The van der Waals surface area contributed by atoms with Gasteiger partial charge in [0.2, 0.25) is 5.91 Å². The van der Waals surface area contributed by atoms with Crippen molar-refractivity contribution in [2.75, 3.05) is 37.1 Å². The predicted octanol–water partition coefficient (Wildman–Crippen LogP) is 5.10. The van der Waals surface area contributed by atoms with E-state index in [1.165, 1.54) is 4.90 Å². The number of rotatable bonds is 5. The average Bonchev–Trinajstić information content (AvgIpc) is 3.38. The third-order valence-corrected chi connectivity index (χ3v) is 7.75. The van der Waals surface area contributed by atoms with E-state index in [0.717, 1.165) is 27.3 Å². The Balaban J connectivity index is 1.54. The van der Waals surface area contributed by atoms with Crippen LogP contribution >= 0.6 is 0 Å². The Bertz CT molecular complexity index is 1590. The van der Waals surface area contributed by atoms with Crippen LogP contribution in [0.25, 0.3) is 10.9 Å². The maximum absolute atomic E-state index is 14.3. The number of nitrogens with zero attached hydrogens (tertiary/aromatic N) is 3. The fourth-order valence-corrected chi connectivity index (χ4v) is 6.05. The highest BCUT2D eigenvalue weighted by atomic mass is 16.6. The van der Waals surface area contributed by atoms with E-state index in [0.29, 0.717) is 28.6 Å². The molecular weight excluding hydrogens is 498 g/mol. The Labute approximate surface area is 225 Å². The Morgan fingerprint density at radius 1 is 1.00 bits per heavy atom. The van der Waals surface area contributed by atoms with Gasteiger partial charge in [-0.1, -0.05) is 30.3 Å². The van der Waals surface area contributed by atoms with Gasteiger partial charge in [0.05, 0.1) is 19.2 Å². The number of methoxy groups -OCH3 is 1. The summed E-state index contributed by atoms with van der Waals surface area (Å²) in [5.41, 5.74) is 2.43. The molecule has 9 heteroatoms. The van der Waals surface area contributed by atoms with Crippen molar-refractivity contribution in [3.8, 4) is 11.5 Å². The standard InChI is InChI=1S/C30H29N3O6/c1-4-38-29(35)32-17-16-30(26-22-9-5-6-10-23(22)33(36)27(26)32)25-19(8-7-11-24(25)31(2)28(30)34)18-39-21-14-12-20(37-3)13-15-21/h5-15,36H,4,16-18H2,1-3H3. The van der Waals surface area contributed by atoms with E-state index >= 15 is 0 Å². The normalized spacial score (nSPS) is 17.9. The molecule has 2 amide bonds. The van der Waals surface area contributed by atoms with E-state index in [2.05, 4.69) is 0 Å². The van der Waals surface area contributed by atoms with Crippen LogP contribution in [-0.4, -0.2) is 49.2 Å². The summed E-state index contributed by atoms with van der Waals surface area (Å²) < 4.78 is 17.7. The summed E-state index contributed by atoms with van der Waals surface area (Å²) in [7, 11) is 3.38. The third kappa shape index (κ3) is 3.53. The number of benzene rings is 3. The number of amides is 2. The number of hydrogen-bond acceptors (Lipinski definition) is 6. The SMILES string of the molecule is CCOC(=O)N1CCC2(C(=O)N(C)c3cccc(COc4ccc(OC)cc4)c32)c2c1n(O)c1ccccc21. The molecule has 3 aromatic carbocycles. The van der Waals surface area contributed by atoms with Crippen LogP contribution in [-0.2, 0) is 21.6 Å².